The molecule has 0 saturated heterocycles. The molecular weight excluding hydrogens is 320 g/mol. The second kappa shape index (κ2) is 7.24. The van der Waals surface area contributed by atoms with E-state index in [4.69, 9.17) is 11.6 Å². The fourth-order valence-electron chi connectivity index (χ4n) is 2.10. The molecule has 2 rings (SSSR count). The summed E-state index contributed by atoms with van der Waals surface area (Å²) >= 11 is 5.94. The molecule has 0 spiro atoms. The molecule has 4 nitrogen and oxygen atoms in total. The zero-order valence-electron chi connectivity index (χ0n) is 12.6. The predicted octanol–water partition coefficient (Wildman–Crippen LogP) is 1.46. The van der Waals surface area contributed by atoms with Crippen LogP contribution < -0.4 is 9.62 Å². The maximum Gasteiger partial charge on any atom is 0.242 e. The Kier molecular flexibility index (Phi) is 5.58. The number of rotatable bonds is 6. The minimum atomic E-state index is -3.60. The summed E-state index contributed by atoms with van der Waals surface area (Å²) in [7, 11) is 0.574. The summed E-state index contributed by atoms with van der Waals surface area (Å²) in [4.78, 5) is 1.44. The Morgan fingerprint density at radius 2 is 1.59 bits per heavy atom. The Balaban J connectivity index is 2.05. The van der Waals surface area contributed by atoms with Crippen molar-refractivity contribution in [2.75, 3.05) is 14.1 Å². The van der Waals surface area contributed by atoms with Crippen molar-refractivity contribution in [1.29, 1.82) is 0 Å². The molecule has 0 radical (unpaired) electrons. The lowest BCUT2D eigenvalue weighted by atomic mass is 10.1. The third kappa shape index (κ3) is 4.55. The average molecular weight is 340 g/mol. The molecule has 0 atom stereocenters. The monoisotopic (exact) mass is 339 g/mol. The van der Waals surface area contributed by atoms with Crippen molar-refractivity contribution in [2.24, 2.45) is 0 Å². The molecule has 2 N–H and O–H groups in total. The molecule has 118 valence electrons. The van der Waals surface area contributed by atoms with Gasteiger partial charge in [0.05, 0.1) is 19.1 Å². The SMILES string of the molecule is C[NH+](C)Cc1ccc(CNS(=O)(=O)c2ccccc2Cl)cc1. The molecule has 0 fully saturated rings. The Hall–Kier alpha value is -1.40. The average Bonchev–Trinajstić information content (AvgIpc) is 2.46. The maximum atomic E-state index is 12.2. The van der Waals surface area contributed by atoms with Gasteiger partial charge in [-0.1, -0.05) is 48.0 Å². The fraction of sp³-hybridized carbons (Fsp3) is 0.250. The van der Waals surface area contributed by atoms with Gasteiger partial charge in [-0.05, 0) is 17.7 Å². The lowest BCUT2D eigenvalue weighted by molar-refractivity contribution is -0.872. The first-order valence-corrected chi connectivity index (χ1v) is 8.85. The van der Waals surface area contributed by atoms with Crippen LogP contribution in [0.1, 0.15) is 11.1 Å². The molecule has 2 aromatic carbocycles. The second-order valence-electron chi connectivity index (χ2n) is 5.46. The molecular formula is C16H20ClN2O2S+. The largest absolute Gasteiger partial charge is 0.336 e. The van der Waals surface area contributed by atoms with E-state index >= 15 is 0 Å². The molecule has 0 aliphatic carbocycles. The van der Waals surface area contributed by atoms with E-state index in [0.717, 1.165) is 12.1 Å². The Bertz CT molecular complexity index is 728. The first kappa shape index (κ1) is 17.0. The number of quaternary nitrogens is 1. The Morgan fingerprint density at radius 3 is 2.18 bits per heavy atom. The van der Waals surface area contributed by atoms with Crippen molar-refractivity contribution in [1.82, 2.24) is 4.72 Å². The summed E-state index contributed by atoms with van der Waals surface area (Å²) < 4.78 is 27.1. The van der Waals surface area contributed by atoms with Crippen molar-refractivity contribution in [3.63, 3.8) is 0 Å². The van der Waals surface area contributed by atoms with Crippen molar-refractivity contribution in [3.05, 3.63) is 64.7 Å². The summed E-state index contributed by atoms with van der Waals surface area (Å²) in [6, 6.07) is 14.3. The zero-order chi connectivity index (χ0) is 16.2. The number of benzene rings is 2. The minimum absolute atomic E-state index is 0.101. The third-order valence-electron chi connectivity index (χ3n) is 3.17. The minimum Gasteiger partial charge on any atom is -0.336 e. The summed E-state index contributed by atoms with van der Waals surface area (Å²) in [5, 5.41) is 0.222. The number of hydrogen-bond acceptors (Lipinski definition) is 2. The van der Waals surface area contributed by atoms with Crippen molar-refractivity contribution in [2.45, 2.75) is 18.0 Å². The van der Waals surface area contributed by atoms with Crippen LogP contribution in [-0.2, 0) is 23.1 Å². The van der Waals surface area contributed by atoms with Crippen molar-refractivity contribution >= 4 is 21.6 Å². The van der Waals surface area contributed by atoms with Crippen LogP contribution in [0.25, 0.3) is 0 Å². The fourth-order valence-corrected chi connectivity index (χ4v) is 3.64. The van der Waals surface area contributed by atoms with Gasteiger partial charge in [-0.15, -0.1) is 0 Å². The van der Waals surface area contributed by atoms with E-state index in [0.29, 0.717) is 0 Å². The molecule has 0 aromatic heterocycles. The number of halogens is 1. The van der Waals surface area contributed by atoms with E-state index in [-0.39, 0.29) is 16.5 Å². The molecule has 0 heterocycles. The van der Waals surface area contributed by atoms with Crippen LogP contribution in [0.15, 0.2) is 53.4 Å². The van der Waals surface area contributed by atoms with Gasteiger partial charge in [-0.3, -0.25) is 0 Å². The van der Waals surface area contributed by atoms with E-state index in [1.54, 1.807) is 18.2 Å². The molecule has 0 aliphatic heterocycles. The van der Waals surface area contributed by atoms with Gasteiger partial charge < -0.3 is 4.90 Å². The van der Waals surface area contributed by atoms with E-state index < -0.39 is 10.0 Å². The van der Waals surface area contributed by atoms with Crippen LogP contribution >= 0.6 is 11.6 Å². The third-order valence-corrected chi connectivity index (χ3v) is 5.07. The predicted molar refractivity (Wildman–Crippen MR) is 88.4 cm³/mol. The highest BCUT2D eigenvalue weighted by Gasteiger charge is 2.16. The first-order valence-electron chi connectivity index (χ1n) is 6.99. The summed E-state index contributed by atoms with van der Waals surface area (Å²) in [6.45, 7) is 1.17. The van der Waals surface area contributed by atoms with Gasteiger partial charge in [-0.25, -0.2) is 13.1 Å². The van der Waals surface area contributed by atoms with E-state index in [2.05, 4.69) is 18.8 Å². The molecule has 6 heteroatoms. The van der Waals surface area contributed by atoms with Gasteiger partial charge in [0.1, 0.15) is 11.4 Å². The topological polar surface area (TPSA) is 50.6 Å². The Morgan fingerprint density at radius 1 is 1.00 bits per heavy atom. The lowest BCUT2D eigenvalue weighted by Crippen LogP contribution is -3.04. The molecule has 22 heavy (non-hydrogen) atoms. The van der Waals surface area contributed by atoms with Crippen LogP contribution in [0.2, 0.25) is 5.02 Å². The van der Waals surface area contributed by atoms with E-state index in [1.165, 1.54) is 16.5 Å². The van der Waals surface area contributed by atoms with E-state index in [1.807, 2.05) is 24.3 Å². The lowest BCUT2D eigenvalue weighted by Gasteiger charge is -2.10. The quantitative estimate of drug-likeness (QED) is 0.837. The van der Waals surface area contributed by atoms with E-state index in [9.17, 15) is 8.42 Å². The highest BCUT2D eigenvalue weighted by atomic mass is 35.5. The highest BCUT2D eigenvalue weighted by molar-refractivity contribution is 7.89. The smallest absolute Gasteiger partial charge is 0.242 e. The summed E-state index contributed by atoms with van der Waals surface area (Å²) in [6.07, 6.45) is 0. The van der Waals surface area contributed by atoms with Gasteiger partial charge >= 0.3 is 0 Å². The summed E-state index contributed by atoms with van der Waals surface area (Å²) in [5.74, 6) is 0. The van der Waals surface area contributed by atoms with Crippen LogP contribution in [0.3, 0.4) is 0 Å². The van der Waals surface area contributed by atoms with Crippen LogP contribution in [0, 0.1) is 0 Å². The normalized spacial score (nSPS) is 11.8. The number of nitrogens with one attached hydrogen (secondary N) is 2. The molecule has 2 aromatic rings. The molecule has 0 bridgehead atoms. The maximum absolute atomic E-state index is 12.2. The van der Waals surface area contributed by atoms with Gasteiger partial charge in [-0.2, -0.15) is 0 Å². The highest BCUT2D eigenvalue weighted by Crippen LogP contribution is 2.20. The second-order valence-corrected chi connectivity index (χ2v) is 7.60. The van der Waals surface area contributed by atoms with Gasteiger partial charge in [0.2, 0.25) is 10.0 Å². The van der Waals surface area contributed by atoms with Crippen LogP contribution in [0.4, 0.5) is 0 Å². The van der Waals surface area contributed by atoms with Crippen molar-refractivity contribution < 1.29 is 13.3 Å². The first-order chi connectivity index (χ1) is 10.4. The molecule has 0 unspecified atom stereocenters. The van der Waals surface area contributed by atoms with Crippen LogP contribution in [0.5, 0.6) is 0 Å². The van der Waals surface area contributed by atoms with Gasteiger partial charge in [0.25, 0.3) is 0 Å². The van der Waals surface area contributed by atoms with Gasteiger partial charge in [0.15, 0.2) is 0 Å². The standard InChI is InChI=1S/C16H19ClN2O2S/c1-19(2)12-14-9-7-13(8-10-14)11-18-22(20,21)16-6-4-3-5-15(16)17/h3-10,18H,11-12H2,1-2H3/p+1. The molecule has 0 saturated carbocycles. The van der Waals surface area contributed by atoms with Crippen LogP contribution in [-0.4, -0.2) is 22.5 Å². The van der Waals surface area contributed by atoms with Crippen molar-refractivity contribution in [3.8, 4) is 0 Å². The zero-order valence-corrected chi connectivity index (χ0v) is 14.2. The molecule has 0 amide bonds. The molecule has 0 aliphatic rings. The van der Waals surface area contributed by atoms with Gasteiger partial charge in [0, 0.05) is 12.1 Å². The Labute approximate surface area is 136 Å². The number of sulfonamides is 1. The summed E-state index contributed by atoms with van der Waals surface area (Å²) in [5.41, 5.74) is 2.13. The number of hydrogen-bond donors (Lipinski definition) is 2.